The first kappa shape index (κ1) is 14.6. The number of hydrogen-bond acceptors (Lipinski definition) is 5. The molecule has 1 aromatic carbocycles. The Labute approximate surface area is 109 Å². The largest absolute Gasteiger partial charge is 0.495 e. The van der Waals surface area contributed by atoms with Gasteiger partial charge < -0.3 is 25.4 Å². The first-order chi connectivity index (χ1) is 8.67. The lowest BCUT2D eigenvalue weighted by Crippen LogP contribution is -2.28. The zero-order valence-electron chi connectivity index (χ0n) is 11.4. The van der Waals surface area contributed by atoms with Crippen molar-refractivity contribution in [1.29, 1.82) is 0 Å². The molecule has 0 unspecified atom stereocenters. The number of methoxy groups -OCH3 is 2. The number of nitrogens with one attached hydrogen (secondary N) is 1. The highest BCUT2D eigenvalue weighted by atomic mass is 16.5. The predicted octanol–water partition coefficient (Wildman–Crippen LogP) is 1.27. The number of nitrogens with zero attached hydrogens (tertiary/aromatic N) is 1. The summed E-state index contributed by atoms with van der Waals surface area (Å²) in [6.07, 6.45) is 0. The van der Waals surface area contributed by atoms with E-state index in [9.17, 15) is 0 Å². The molecule has 5 nitrogen and oxygen atoms in total. The Morgan fingerprint density at radius 1 is 1.28 bits per heavy atom. The number of benzene rings is 1. The van der Waals surface area contributed by atoms with Crippen molar-refractivity contribution in [2.45, 2.75) is 0 Å². The lowest BCUT2D eigenvalue weighted by molar-refractivity contribution is 0.163. The van der Waals surface area contributed by atoms with Crippen LogP contribution in [0.3, 0.4) is 0 Å². The summed E-state index contributed by atoms with van der Waals surface area (Å²) in [5, 5.41) is 3.34. The maximum Gasteiger partial charge on any atom is 0.143 e. The Morgan fingerprint density at radius 3 is 2.72 bits per heavy atom. The zero-order valence-corrected chi connectivity index (χ0v) is 11.4. The molecule has 0 saturated carbocycles. The summed E-state index contributed by atoms with van der Waals surface area (Å²) in [5.74, 6) is 0.702. The van der Waals surface area contributed by atoms with Crippen LogP contribution in [0.15, 0.2) is 18.2 Å². The van der Waals surface area contributed by atoms with Gasteiger partial charge in [0.25, 0.3) is 0 Å². The van der Waals surface area contributed by atoms with E-state index in [4.69, 9.17) is 15.2 Å². The van der Waals surface area contributed by atoms with Crippen LogP contribution in [0.5, 0.6) is 5.75 Å². The number of ether oxygens (including phenoxy) is 2. The third kappa shape index (κ3) is 4.81. The van der Waals surface area contributed by atoms with Crippen molar-refractivity contribution in [3.63, 3.8) is 0 Å². The van der Waals surface area contributed by atoms with Crippen molar-refractivity contribution in [3.8, 4) is 5.75 Å². The van der Waals surface area contributed by atoms with E-state index in [-0.39, 0.29) is 0 Å². The van der Waals surface area contributed by atoms with Crippen molar-refractivity contribution in [2.75, 3.05) is 58.6 Å². The van der Waals surface area contributed by atoms with E-state index in [1.165, 1.54) is 0 Å². The smallest absolute Gasteiger partial charge is 0.143 e. The van der Waals surface area contributed by atoms with Gasteiger partial charge in [0.05, 0.1) is 19.4 Å². The molecular weight excluding hydrogens is 230 g/mol. The second kappa shape index (κ2) is 7.79. The number of rotatable bonds is 8. The SMILES string of the molecule is COCCN(C)CCNc1ccc(N)c(OC)c1. The summed E-state index contributed by atoms with van der Waals surface area (Å²) >= 11 is 0. The Hall–Kier alpha value is -1.46. The summed E-state index contributed by atoms with van der Waals surface area (Å²) in [6, 6.07) is 5.70. The third-order valence-corrected chi connectivity index (χ3v) is 2.73. The van der Waals surface area contributed by atoms with Crippen molar-refractivity contribution >= 4 is 11.4 Å². The zero-order chi connectivity index (χ0) is 13.4. The van der Waals surface area contributed by atoms with Crippen molar-refractivity contribution in [2.24, 2.45) is 0 Å². The molecule has 18 heavy (non-hydrogen) atoms. The van der Waals surface area contributed by atoms with E-state index in [2.05, 4.69) is 17.3 Å². The molecule has 102 valence electrons. The molecule has 0 amide bonds. The van der Waals surface area contributed by atoms with Crippen LogP contribution in [0.25, 0.3) is 0 Å². The van der Waals surface area contributed by atoms with Crippen LogP contribution in [0.1, 0.15) is 0 Å². The molecule has 5 heteroatoms. The van der Waals surface area contributed by atoms with Gasteiger partial charge in [0.15, 0.2) is 0 Å². The van der Waals surface area contributed by atoms with Crippen molar-refractivity contribution in [3.05, 3.63) is 18.2 Å². The standard InChI is InChI=1S/C13H23N3O2/c1-16(8-9-17-2)7-6-15-11-4-5-12(14)13(10-11)18-3/h4-5,10,15H,6-9,14H2,1-3H3. The van der Waals surface area contributed by atoms with E-state index < -0.39 is 0 Å². The molecule has 0 aliphatic heterocycles. The maximum absolute atomic E-state index is 5.76. The van der Waals surface area contributed by atoms with Gasteiger partial charge in [-0.3, -0.25) is 0 Å². The Balaban J connectivity index is 2.35. The van der Waals surface area contributed by atoms with Crippen LogP contribution >= 0.6 is 0 Å². The number of likely N-dealkylation sites (N-methyl/N-ethyl adjacent to an activating group) is 1. The van der Waals surface area contributed by atoms with Gasteiger partial charge in [-0.1, -0.05) is 0 Å². The normalized spacial score (nSPS) is 10.7. The molecule has 0 spiro atoms. The molecule has 1 rings (SSSR count). The lowest BCUT2D eigenvalue weighted by Gasteiger charge is -2.17. The van der Waals surface area contributed by atoms with Gasteiger partial charge in [0.1, 0.15) is 5.75 Å². The summed E-state index contributed by atoms with van der Waals surface area (Å²) in [5.41, 5.74) is 7.42. The minimum absolute atomic E-state index is 0.653. The summed E-state index contributed by atoms with van der Waals surface area (Å²) < 4.78 is 10.2. The van der Waals surface area contributed by atoms with Gasteiger partial charge in [-0.2, -0.15) is 0 Å². The minimum Gasteiger partial charge on any atom is -0.495 e. The average molecular weight is 253 g/mol. The van der Waals surface area contributed by atoms with E-state index >= 15 is 0 Å². The number of anilines is 2. The summed E-state index contributed by atoms with van der Waals surface area (Å²) in [4.78, 5) is 2.21. The molecule has 0 aliphatic carbocycles. The van der Waals surface area contributed by atoms with Crippen molar-refractivity contribution in [1.82, 2.24) is 4.90 Å². The van der Waals surface area contributed by atoms with Crippen LogP contribution < -0.4 is 15.8 Å². The molecule has 0 radical (unpaired) electrons. The molecular formula is C13H23N3O2. The van der Waals surface area contributed by atoms with Crippen LogP contribution in [-0.4, -0.2) is 52.4 Å². The fourth-order valence-electron chi connectivity index (χ4n) is 1.57. The molecule has 0 fully saturated rings. The van der Waals surface area contributed by atoms with Gasteiger partial charge >= 0.3 is 0 Å². The molecule has 0 aliphatic rings. The first-order valence-corrected chi connectivity index (χ1v) is 6.02. The third-order valence-electron chi connectivity index (χ3n) is 2.73. The fourth-order valence-corrected chi connectivity index (χ4v) is 1.57. The molecule has 0 heterocycles. The Kier molecular flexibility index (Phi) is 6.32. The van der Waals surface area contributed by atoms with Gasteiger partial charge in [0.2, 0.25) is 0 Å². The Bertz CT molecular complexity index is 358. The van der Waals surface area contributed by atoms with Gasteiger partial charge in [-0.15, -0.1) is 0 Å². The predicted molar refractivity (Wildman–Crippen MR) is 75.3 cm³/mol. The van der Waals surface area contributed by atoms with Crippen LogP contribution in [-0.2, 0) is 4.74 Å². The number of hydrogen-bond donors (Lipinski definition) is 2. The number of nitrogen functional groups attached to an aromatic ring is 1. The van der Waals surface area contributed by atoms with E-state index in [0.29, 0.717) is 11.4 Å². The van der Waals surface area contributed by atoms with E-state index in [1.807, 2.05) is 18.2 Å². The quantitative estimate of drug-likeness (QED) is 0.683. The second-order valence-electron chi connectivity index (χ2n) is 4.18. The van der Waals surface area contributed by atoms with Crippen LogP contribution in [0.2, 0.25) is 0 Å². The Morgan fingerprint density at radius 2 is 2.06 bits per heavy atom. The van der Waals surface area contributed by atoms with Gasteiger partial charge in [-0.25, -0.2) is 0 Å². The minimum atomic E-state index is 0.653. The monoisotopic (exact) mass is 253 g/mol. The van der Waals surface area contributed by atoms with Crippen molar-refractivity contribution < 1.29 is 9.47 Å². The maximum atomic E-state index is 5.76. The van der Waals surface area contributed by atoms with Gasteiger partial charge in [-0.05, 0) is 19.2 Å². The highest BCUT2D eigenvalue weighted by Crippen LogP contribution is 2.24. The lowest BCUT2D eigenvalue weighted by atomic mass is 10.2. The molecule has 0 atom stereocenters. The highest BCUT2D eigenvalue weighted by molar-refractivity contribution is 5.61. The molecule has 0 saturated heterocycles. The first-order valence-electron chi connectivity index (χ1n) is 6.02. The molecule has 1 aromatic rings. The number of nitrogens with two attached hydrogens (primary N) is 1. The molecule has 3 N–H and O–H groups in total. The molecule has 0 aromatic heterocycles. The summed E-state index contributed by atoms with van der Waals surface area (Å²) in [7, 11) is 5.41. The fraction of sp³-hybridized carbons (Fsp3) is 0.538. The van der Waals surface area contributed by atoms with Crippen LogP contribution in [0, 0.1) is 0 Å². The van der Waals surface area contributed by atoms with E-state index in [0.717, 1.165) is 31.9 Å². The average Bonchev–Trinajstić information content (AvgIpc) is 2.38. The summed E-state index contributed by atoms with van der Waals surface area (Å²) in [6.45, 7) is 3.51. The van der Waals surface area contributed by atoms with Crippen LogP contribution in [0.4, 0.5) is 11.4 Å². The van der Waals surface area contributed by atoms with Gasteiger partial charge in [0, 0.05) is 38.5 Å². The highest BCUT2D eigenvalue weighted by Gasteiger charge is 2.01. The topological polar surface area (TPSA) is 59.8 Å². The molecule has 0 bridgehead atoms. The van der Waals surface area contributed by atoms with E-state index in [1.54, 1.807) is 14.2 Å². The second-order valence-corrected chi connectivity index (χ2v) is 4.18.